The molecule has 0 saturated carbocycles. The van der Waals surface area contributed by atoms with Gasteiger partial charge in [0, 0.05) is 17.8 Å². The second kappa shape index (κ2) is 8.19. The molecule has 0 unspecified atom stereocenters. The van der Waals surface area contributed by atoms with Crippen LogP contribution in [-0.2, 0) is 4.79 Å². The molecule has 6 heteroatoms. The Hall–Kier alpha value is -2.53. The van der Waals surface area contributed by atoms with Crippen molar-refractivity contribution >= 4 is 40.6 Å². The van der Waals surface area contributed by atoms with Gasteiger partial charge in [-0.2, -0.15) is 0 Å². The van der Waals surface area contributed by atoms with Crippen molar-refractivity contribution in [3.63, 3.8) is 0 Å². The first-order chi connectivity index (χ1) is 11.1. The summed E-state index contributed by atoms with van der Waals surface area (Å²) >= 11 is 6.09. The van der Waals surface area contributed by atoms with Gasteiger partial charge < -0.3 is 16.0 Å². The third kappa shape index (κ3) is 5.30. The topological polar surface area (TPSA) is 70.2 Å². The van der Waals surface area contributed by atoms with Gasteiger partial charge in [-0.05, 0) is 36.8 Å². The van der Waals surface area contributed by atoms with E-state index in [2.05, 4.69) is 16.0 Å². The minimum absolute atomic E-state index is 0.0745. The van der Waals surface area contributed by atoms with Gasteiger partial charge in [-0.25, -0.2) is 4.79 Å². The zero-order valence-electron chi connectivity index (χ0n) is 12.7. The predicted octanol–water partition coefficient (Wildman–Crippen LogP) is 4.72. The highest BCUT2D eigenvalue weighted by Gasteiger charge is 2.08. The molecule has 0 aromatic heterocycles. The molecule has 2 aromatic carbocycles. The van der Waals surface area contributed by atoms with Crippen LogP contribution in [0.2, 0.25) is 5.02 Å². The number of hydrogen-bond donors (Lipinski definition) is 3. The Kier molecular flexibility index (Phi) is 6.00. The van der Waals surface area contributed by atoms with Gasteiger partial charge in [0.1, 0.15) is 0 Å². The van der Waals surface area contributed by atoms with Crippen LogP contribution in [0.15, 0.2) is 48.5 Å². The maximum atomic E-state index is 12.0. The van der Waals surface area contributed by atoms with E-state index in [0.717, 1.165) is 6.42 Å². The molecule has 0 fully saturated rings. The molecule has 0 bridgehead atoms. The molecule has 3 amide bonds. The first-order valence-electron chi connectivity index (χ1n) is 7.31. The molecule has 5 nitrogen and oxygen atoms in total. The summed E-state index contributed by atoms with van der Waals surface area (Å²) in [6.07, 6.45) is 1.21. The van der Waals surface area contributed by atoms with Gasteiger partial charge in [0.25, 0.3) is 0 Å². The molecule has 0 aliphatic rings. The molecule has 120 valence electrons. The van der Waals surface area contributed by atoms with Crippen LogP contribution in [0.25, 0.3) is 0 Å². The van der Waals surface area contributed by atoms with Gasteiger partial charge in [0.15, 0.2) is 0 Å². The summed E-state index contributed by atoms with van der Waals surface area (Å²) in [6.45, 7) is 1.93. The number of para-hydroxylation sites is 1. The SMILES string of the molecule is CCCC(=O)Nc1ccc(Cl)c(NC(=O)Nc2ccccc2)c1. The Morgan fingerprint density at radius 1 is 0.957 bits per heavy atom. The number of benzene rings is 2. The highest BCUT2D eigenvalue weighted by Crippen LogP contribution is 2.26. The average molecular weight is 332 g/mol. The molecule has 0 heterocycles. The van der Waals surface area contributed by atoms with E-state index in [0.29, 0.717) is 28.5 Å². The molecule has 2 aromatic rings. The number of halogens is 1. The van der Waals surface area contributed by atoms with Gasteiger partial charge in [-0.1, -0.05) is 36.7 Å². The van der Waals surface area contributed by atoms with E-state index >= 15 is 0 Å². The van der Waals surface area contributed by atoms with Crippen LogP contribution in [-0.4, -0.2) is 11.9 Å². The molecule has 23 heavy (non-hydrogen) atoms. The van der Waals surface area contributed by atoms with Crippen molar-refractivity contribution in [1.29, 1.82) is 0 Å². The molecule has 3 N–H and O–H groups in total. The summed E-state index contributed by atoms with van der Waals surface area (Å²) in [5.74, 6) is -0.0745. The first kappa shape index (κ1) is 16.8. The second-order valence-electron chi connectivity index (χ2n) is 4.94. The summed E-state index contributed by atoms with van der Waals surface area (Å²) in [6, 6.07) is 13.6. The lowest BCUT2D eigenvalue weighted by Gasteiger charge is -2.11. The molecule has 0 aliphatic heterocycles. The number of amides is 3. The molecule has 0 atom stereocenters. The van der Waals surface area contributed by atoms with Crippen LogP contribution in [0, 0.1) is 0 Å². The fourth-order valence-corrected chi connectivity index (χ4v) is 2.12. The maximum absolute atomic E-state index is 12.0. The van der Waals surface area contributed by atoms with E-state index in [4.69, 9.17) is 11.6 Å². The van der Waals surface area contributed by atoms with E-state index in [-0.39, 0.29) is 5.91 Å². The fourth-order valence-electron chi connectivity index (χ4n) is 1.96. The fraction of sp³-hybridized carbons (Fsp3) is 0.176. The lowest BCUT2D eigenvalue weighted by atomic mass is 10.2. The van der Waals surface area contributed by atoms with Crippen LogP contribution in [0.1, 0.15) is 19.8 Å². The summed E-state index contributed by atoms with van der Waals surface area (Å²) in [7, 11) is 0. The largest absolute Gasteiger partial charge is 0.326 e. The van der Waals surface area contributed by atoms with E-state index in [9.17, 15) is 9.59 Å². The van der Waals surface area contributed by atoms with Gasteiger partial charge in [0.05, 0.1) is 10.7 Å². The Balaban J connectivity index is 2.03. The summed E-state index contributed by atoms with van der Waals surface area (Å²) in [4.78, 5) is 23.6. The van der Waals surface area contributed by atoms with Crippen LogP contribution < -0.4 is 16.0 Å². The number of rotatable bonds is 5. The smallest absolute Gasteiger partial charge is 0.323 e. The third-order valence-corrected chi connectivity index (χ3v) is 3.34. The van der Waals surface area contributed by atoms with Gasteiger partial charge in [-0.3, -0.25) is 4.79 Å². The maximum Gasteiger partial charge on any atom is 0.323 e. The van der Waals surface area contributed by atoms with Crippen LogP contribution >= 0.6 is 11.6 Å². The van der Waals surface area contributed by atoms with Gasteiger partial charge >= 0.3 is 6.03 Å². The number of anilines is 3. The molecule has 0 radical (unpaired) electrons. The van der Waals surface area contributed by atoms with Crippen LogP contribution in [0.4, 0.5) is 21.9 Å². The van der Waals surface area contributed by atoms with Crippen molar-refractivity contribution in [2.75, 3.05) is 16.0 Å². The van der Waals surface area contributed by atoms with E-state index < -0.39 is 6.03 Å². The van der Waals surface area contributed by atoms with Crippen molar-refractivity contribution < 1.29 is 9.59 Å². The van der Waals surface area contributed by atoms with E-state index in [1.54, 1.807) is 30.3 Å². The predicted molar refractivity (Wildman–Crippen MR) is 94.1 cm³/mol. The number of urea groups is 1. The Morgan fingerprint density at radius 3 is 2.39 bits per heavy atom. The van der Waals surface area contributed by atoms with Crippen LogP contribution in [0.3, 0.4) is 0 Å². The zero-order chi connectivity index (χ0) is 16.7. The normalized spacial score (nSPS) is 10.0. The van der Waals surface area contributed by atoms with E-state index in [1.807, 2.05) is 25.1 Å². The standard InChI is InChI=1S/C17H18ClN3O2/c1-2-6-16(22)19-13-9-10-14(18)15(11-13)21-17(23)20-12-7-4-3-5-8-12/h3-5,7-11H,2,6H2,1H3,(H,19,22)(H2,20,21,23). The Bertz CT molecular complexity index is 689. The van der Waals surface area contributed by atoms with Crippen LogP contribution in [0.5, 0.6) is 0 Å². The molecular weight excluding hydrogens is 314 g/mol. The zero-order valence-corrected chi connectivity index (χ0v) is 13.5. The first-order valence-corrected chi connectivity index (χ1v) is 7.68. The van der Waals surface area contributed by atoms with Crippen molar-refractivity contribution in [1.82, 2.24) is 0 Å². The quantitative estimate of drug-likeness (QED) is 0.741. The van der Waals surface area contributed by atoms with Crippen molar-refractivity contribution in [2.45, 2.75) is 19.8 Å². The number of carbonyl (C=O) groups is 2. The Morgan fingerprint density at radius 2 is 1.70 bits per heavy atom. The number of carbonyl (C=O) groups excluding carboxylic acids is 2. The molecule has 0 saturated heterocycles. The third-order valence-electron chi connectivity index (χ3n) is 3.01. The second-order valence-corrected chi connectivity index (χ2v) is 5.35. The van der Waals surface area contributed by atoms with Crippen molar-refractivity contribution in [3.05, 3.63) is 53.6 Å². The summed E-state index contributed by atoms with van der Waals surface area (Å²) in [5.41, 5.74) is 1.69. The highest BCUT2D eigenvalue weighted by atomic mass is 35.5. The lowest BCUT2D eigenvalue weighted by molar-refractivity contribution is -0.116. The van der Waals surface area contributed by atoms with Crippen molar-refractivity contribution in [3.8, 4) is 0 Å². The molecule has 0 aliphatic carbocycles. The highest BCUT2D eigenvalue weighted by molar-refractivity contribution is 6.34. The van der Waals surface area contributed by atoms with Crippen molar-refractivity contribution in [2.24, 2.45) is 0 Å². The Labute approximate surface area is 140 Å². The summed E-state index contributed by atoms with van der Waals surface area (Å²) < 4.78 is 0. The van der Waals surface area contributed by atoms with E-state index in [1.165, 1.54) is 0 Å². The van der Waals surface area contributed by atoms with Gasteiger partial charge in [-0.15, -0.1) is 0 Å². The lowest BCUT2D eigenvalue weighted by Crippen LogP contribution is -2.19. The van der Waals surface area contributed by atoms with Gasteiger partial charge in [0.2, 0.25) is 5.91 Å². The minimum Gasteiger partial charge on any atom is -0.326 e. The molecule has 2 rings (SSSR count). The number of hydrogen-bond acceptors (Lipinski definition) is 2. The average Bonchev–Trinajstić information content (AvgIpc) is 2.52. The number of nitrogens with one attached hydrogen (secondary N) is 3. The molecule has 0 spiro atoms. The monoisotopic (exact) mass is 331 g/mol. The molecular formula is C17H18ClN3O2. The minimum atomic E-state index is -0.407. The summed E-state index contributed by atoms with van der Waals surface area (Å²) in [5, 5.41) is 8.53.